The molecule has 0 saturated carbocycles. The maximum absolute atomic E-state index is 14.7. The van der Waals surface area contributed by atoms with Crippen LogP contribution in [0.5, 0.6) is 0 Å². The van der Waals surface area contributed by atoms with Crippen LogP contribution in [0.4, 0.5) is 20.2 Å². The second-order valence-corrected chi connectivity index (χ2v) is 7.32. The van der Waals surface area contributed by atoms with Gasteiger partial charge in [0.05, 0.1) is 28.8 Å². The van der Waals surface area contributed by atoms with Gasteiger partial charge in [-0.25, -0.2) is 4.68 Å². The SMILES string of the molecule is O=C1N(c2cn(-c3ccccc3)nc2-c2ccc(Cl)cc2)c2ccccc2C1(F)F. The van der Waals surface area contributed by atoms with Crippen LogP contribution in [0.25, 0.3) is 16.9 Å². The van der Waals surface area contributed by atoms with Crippen LogP contribution in [0.3, 0.4) is 0 Å². The van der Waals surface area contributed by atoms with Crippen LogP contribution in [0.1, 0.15) is 5.56 Å². The molecule has 0 unspecified atom stereocenters. The number of para-hydroxylation sites is 2. The van der Waals surface area contributed by atoms with Crippen molar-refractivity contribution in [3.05, 3.63) is 95.6 Å². The van der Waals surface area contributed by atoms with Crippen LogP contribution >= 0.6 is 11.6 Å². The summed E-state index contributed by atoms with van der Waals surface area (Å²) in [7, 11) is 0. The van der Waals surface area contributed by atoms with Crippen LogP contribution in [0.15, 0.2) is 85.1 Å². The summed E-state index contributed by atoms with van der Waals surface area (Å²) in [6.45, 7) is 0. The molecule has 0 N–H and O–H groups in total. The van der Waals surface area contributed by atoms with Crippen molar-refractivity contribution in [1.82, 2.24) is 9.78 Å². The molecule has 4 nitrogen and oxygen atoms in total. The molecule has 4 aromatic rings. The topological polar surface area (TPSA) is 38.1 Å². The number of carbonyl (C=O) groups is 1. The zero-order valence-corrected chi connectivity index (χ0v) is 16.2. The van der Waals surface area contributed by atoms with E-state index in [0.29, 0.717) is 16.3 Å². The predicted molar refractivity (Wildman–Crippen MR) is 111 cm³/mol. The molecule has 2 heterocycles. The summed E-state index contributed by atoms with van der Waals surface area (Å²) in [6.07, 6.45) is 1.59. The van der Waals surface area contributed by atoms with Gasteiger partial charge in [0.25, 0.3) is 0 Å². The third-order valence-electron chi connectivity index (χ3n) is 5.03. The Balaban J connectivity index is 1.74. The Morgan fingerprint density at radius 1 is 0.833 bits per heavy atom. The summed E-state index contributed by atoms with van der Waals surface area (Å²) in [4.78, 5) is 13.8. The van der Waals surface area contributed by atoms with E-state index in [1.807, 2.05) is 30.3 Å². The average molecular weight is 422 g/mol. The Hall–Kier alpha value is -3.51. The number of alkyl halides is 2. The lowest BCUT2D eigenvalue weighted by molar-refractivity contribution is -0.140. The second-order valence-electron chi connectivity index (χ2n) is 6.88. The quantitative estimate of drug-likeness (QED) is 0.409. The first-order valence-electron chi connectivity index (χ1n) is 9.20. The van der Waals surface area contributed by atoms with Crippen molar-refractivity contribution in [2.75, 3.05) is 4.90 Å². The molecule has 1 aliphatic rings. The first kappa shape index (κ1) is 18.5. The third-order valence-corrected chi connectivity index (χ3v) is 5.28. The van der Waals surface area contributed by atoms with Crippen molar-refractivity contribution in [2.24, 2.45) is 0 Å². The van der Waals surface area contributed by atoms with Gasteiger partial charge in [-0.05, 0) is 30.3 Å². The fourth-order valence-electron chi connectivity index (χ4n) is 3.59. The molecule has 0 radical (unpaired) electrons. The number of carbonyl (C=O) groups excluding carboxylic acids is 1. The summed E-state index contributed by atoms with van der Waals surface area (Å²) in [6, 6.07) is 22.0. The van der Waals surface area contributed by atoms with Crippen LogP contribution in [-0.4, -0.2) is 15.7 Å². The smallest absolute Gasteiger partial charge is 0.271 e. The van der Waals surface area contributed by atoms with Gasteiger partial charge in [-0.3, -0.25) is 9.69 Å². The fourth-order valence-corrected chi connectivity index (χ4v) is 3.72. The van der Waals surface area contributed by atoms with Crippen LogP contribution in [0, 0.1) is 0 Å². The van der Waals surface area contributed by atoms with Gasteiger partial charge in [-0.2, -0.15) is 13.9 Å². The lowest BCUT2D eigenvalue weighted by atomic mass is 10.1. The molecule has 1 aromatic heterocycles. The Kier molecular flexibility index (Phi) is 4.18. The lowest BCUT2D eigenvalue weighted by Crippen LogP contribution is -2.31. The minimum atomic E-state index is -3.61. The van der Waals surface area contributed by atoms with Crippen molar-refractivity contribution >= 4 is 28.9 Å². The molecule has 1 aliphatic heterocycles. The summed E-state index contributed by atoms with van der Waals surface area (Å²) in [5, 5.41) is 5.15. The summed E-state index contributed by atoms with van der Waals surface area (Å²) in [5.41, 5.74) is 1.90. The Morgan fingerprint density at radius 2 is 1.50 bits per heavy atom. The van der Waals surface area contributed by atoms with Gasteiger partial charge in [0.2, 0.25) is 0 Å². The minimum absolute atomic E-state index is 0.148. The van der Waals surface area contributed by atoms with Crippen molar-refractivity contribution in [2.45, 2.75) is 5.92 Å². The molecule has 0 atom stereocenters. The molecule has 30 heavy (non-hydrogen) atoms. The van der Waals surface area contributed by atoms with Gasteiger partial charge in [-0.15, -0.1) is 0 Å². The van der Waals surface area contributed by atoms with E-state index in [1.54, 1.807) is 41.2 Å². The maximum atomic E-state index is 14.7. The molecule has 0 fully saturated rings. The Bertz CT molecular complexity index is 1250. The number of amides is 1. The van der Waals surface area contributed by atoms with E-state index in [2.05, 4.69) is 5.10 Å². The largest absolute Gasteiger partial charge is 0.352 e. The van der Waals surface area contributed by atoms with E-state index in [1.165, 1.54) is 18.2 Å². The van der Waals surface area contributed by atoms with Gasteiger partial charge >= 0.3 is 11.8 Å². The molecule has 0 saturated heterocycles. The molecule has 148 valence electrons. The molecular weight excluding hydrogens is 408 g/mol. The van der Waals surface area contributed by atoms with E-state index in [9.17, 15) is 13.6 Å². The highest BCUT2D eigenvalue weighted by Gasteiger charge is 2.54. The summed E-state index contributed by atoms with van der Waals surface area (Å²) < 4.78 is 31.1. The molecular formula is C23H14ClF2N3O. The van der Waals surface area contributed by atoms with E-state index < -0.39 is 11.8 Å². The van der Waals surface area contributed by atoms with Gasteiger partial charge < -0.3 is 0 Å². The van der Waals surface area contributed by atoms with Crippen LogP contribution in [0.2, 0.25) is 5.02 Å². The van der Waals surface area contributed by atoms with Crippen molar-refractivity contribution in [3.8, 4) is 16.9 Å². The number of benzene rings is 3. The predicted octanol–water partition coefficient (Wildman–Crippen LogP) is 5.96. The first-order chi connectivity index (χ1) is 14.5. The molecule has 0 bridgehead atoms. The molecule has 7 heteroatoms. The minimum Gasteiger partial charge on any atom is -0.271 e. The zero-order valence-electron chi connectivity index (χ0n) is 15.5. The van der Waals surface area contributed by atoms with E-state index in [4.69, 9.17) is 11.6 Å². The number of nitrogens with zero attached hydrogens (tertiary/aromatic N) is 3. The number of hydrogen-bond donors (Lipinski definition) is 0. The number of hydrogen-bond acceptors (Lipinski definition) is 2. The van der Waals surface area contributed by atoms with E-state index >= 15 is 0 Å². The monoisotopic (exact) mass is 421 g/mol. The number of halogens is 3. The maximum Gasteiger partial charge on any atom is 0.352 e. The molecule has 5 rings (SSSR count). The Labute approximate surface area is 175 Å². The molecule has 0 spiro atoms. The molecule has 1 amide bonds. The van der Waals surface area contributed by atoms with Gasteiger partial charge in [0.15, 0.2) is 0 Å². The van der Waals surface area contributed by atoms with Crippen LogP contribution < -0.4 is 4.90 Å². The van der Waals surface area contributed by atoms with Gasteiger partial charge in [-0.1, -0.05) is 60.1 Å². The highest BCUT2D eigenvalue weighted by molar-refractivity contribution is 6.30. The van der Waals surface area contributed by atoms with Gasteiger partial charge in [0.1, 0.15) is 5.69 Å². The normalized spacial score (nSPS) is 14.8. The van der Waals surface area contributed by atoms with Crippen LogP contribution in [-0.2, 0) is 10.7 Å². The number of anilines is 2. The van der Waals surface area contributed by atoms with Gasteiger partial charge in [0, 0.05) is 10.6 Å². The molecule has 3 aromatic carbocycles. The van der Waals surface area contributed by atoms with E-state index in [0.717, 1.165) is 10.6 Å². The number of rotatable bonds is 3. The first-order valence-corrected chi connectivity index (χ1v) is 9.57. The fraction of sp³-hybridized carbons (Fsp3) is 0.0435. The Morgan fingerprint density at radius 3 is 2.23 bits per heavy atom. The highest BCUT2D eigenvalue weighted by Crippen LogP contribution is 2.49. The summed E-state index contributed by atoms with van der Waals surface area (Å²) in [5.74, 6) is -4.91. The van der Waals surface area contributed by atoms with Crippen molar-refractivity contribution < 1.29 is 13.6 Å². The number of aromatic nitrogens is 2. The second kappa shape index (κ2) is 6.78. The highest BCUT2D eigenvalue weighted by atomic mass is 35.5. The number of fused-ring (bicyclic) bond motifs is 1. The standard InChI is InChI=1S/C23H14ClF2N3O/c24-16-12-10-15(11-13-16)21-20(14-28(27-21)17-6-2-1-3-7-17)29-19-9-5-4-8-18(19)23(25,26)22(29)30/h1-14H. The van der Waals surface area contributed by atoms with Crippen molar-refractivity contribution in [3.63, 3.8) is 0 Å². The third kappa shape index (κ3) is 2.80. The van der Waals surface area contributed by atoms with Crippen molar-refractivity contribution in [1.29, 1.82) is 0 Å². The van der Waals surface area contributed by atoms with E-state index in [-0.39, 0.29) is 16.9 Å². The average Bonchev–Trinajstić information content (AvgIpc) is 3.27. The molecule has 0 aliphatic carbocycles. The lowest BCUT2D eigenvalue weighted by Gasteiger charge is -2.17. The zero-order chi connectivity index (χ0) is 20.9. The summed E-state index contributed by atoms with van der Waals surface area (Å²) >= 11 is 6.01.